The van der Waals surface area contributed by atoms with Crippen molar-refractivity contribution < 1.29 is 9.47 Å². The van der Waals surface area contributed by atoms with Crippen LogP contribution in [0.4, 0.5) is 0 Å². The molecule has 262 valence electrons. The molecule has 3 aromatic rings. The van der Waals surface area contributed by atoms with E-state index < -0.39 is 0 Å². The summed E-state index contributed by atoms with van der Waals surface area (Å²) in [6, 6.07) is 20.0. The third-order valence-corrected chi connectivity index (χ3v) is 12.9. The molecule has 0 amide bonds. The van der Waals surface area contributed by atoms with Crippen LogP contribution < -0.4 is 0 Å². The molecule has 11 rings (SSSR count). The fourth-order valence-electron chi connectivity index (χ4n) is 10.8. The van der Waals surface area contributed by atoms with E-state index in [-0.39, 0.29) is 29.8 Å². The number of rotatable bonds is 4. The van der Waals surface area contributed by atoms with Crippen LogP contribution >= 0.6 is 0 Å². The maximum absolute atomic E-state index is 7.09. The van der Waals surface area contributed by atoms with E-state index in [9.17, 15) is 0 Å². The van der Waals surface area contributed by atoms with Gasteiger partial charge in [-0.05, 0) is 128 Å². The maximum atomic E-state index is 7.09. The van der Waals surface area contributed by atoms with Crippen molar-refractivity contribution in [3.63, 3.8) is 0 Å². The Labute approximate surface area is 312 Å². The summed E-state index contributed by atoms with van der Waals surface area (Å²) in [5.74, 6) is 4.19. The van der Waals surface area contributed by atoms with Crippen molar-refractivity contribution in [1.82, 2.24) is 4.57 Å². The Bertz CT molecular complexity index is 2390. The lowest BCUT2D eigenvalue weighted by molar-refractivity contribution is 0.0545. The average molecular weight is 692 g/mol. The standard InChI is InChI=1S/C50H45NO2/c1-3-16-32(17-4-1)34-23-13-26-40-47(38-21-8-12-30-44(38)53-50(34)40)49-39-22-9-11-29-43(39)52-45-31-15-25-36(48(45)49)35-24-14-28-42-46(35)37-20-7-10-27-41(37)51(42)33-18-5-2-6-19-33/h2-3,5-7,10,12-13,15-20,22,24-27,29-31,34,45,47-49H,1,4,8-9,11,14,21,23,28H2. The van der Waals surface area contributed by atoms with E-state index in [1.807, 2.05) is 0 Å². The molecule has 5 atom stereocenters. The summed E-state index contributed by atoms with van der Waals surface area (Å²) in [5.41, 5.74) is 13.8. The smallest absolute Gasteiger partial charge is 0.126 e. The fraction of sp³-hybridized carbons (Fsp3) is 0.280. The van der Waals surface area contributed by atoms with Gasteiger partial charge < -0.3 is 14.0 Å². The van der Waals surface area contributed by atoms with Crippen LogP contribution in [0.15, 0.2) is 179 Å². The molecule has 2 aromatic carbocycles. The second kappa shape index (κ2) is 12.7. The maximum Gasteiger partial charge on any atom is 0.126 e. The van der Waals surface area contributed by atoms with Gasteiger partial charge in [-0.25, -0.2) is 0 Å². The summed E-state index contributed by atoms with van der Waals surface area (Å²) >= 11 is 0. The average Bonchev–Trinajstić information content (AvgIpc) is 3.57. The molecule has 0 N–H and O–H groups in total. The molecule has 5 unspecified atom stereocenters. The van der Waals surface area contributed by atoms with Crippen LogP contribution in [0.3, 0.4) is 0 Å². The molecule has 53 heavy (non-hydrogen) atoms. The van der Waals surface area contributed by atoms with Gasteiger partial charge in [0.25, 0.3) is 0 Å². The zero-order chi connectivity index (χ0) is 34.9. The van der Waals surface area contributed by atoms with Gasteiger partial charge in [0.05, 0.1) is 5.52 Å². The SMILES string of the molecule is C1=CC2OC3=CCCC=C3C(C3C4=C(OC5=C3CCC=C5)C(C3=CCCC=C3)CC=C4)C2C(C2=CCCc3c2c2ccccc2n3-c2ccccc2)=C1. The van der Waals surface area contributed by atoms with Crippen molar-refractivity contribution in [3.8, 4) is 5.69 Å². The topological polar surface area (TPSA) is 23.4 Å². The van der Waals surface area contributed by atoms with Gasteiger partial charge in [0.15, 0.2) is 0 Å². The predicted octanol–water partition coefficient (Wildman–Crippen LogP) is 12.0. The van der Waals surface area contributed by atoms with Crippen LogP contribution in [0, 0.1) is 23.7 Å². The molecule has 0 radical (unpaired) electrons. The number of para-hydroxylation sites is 2. The minimum Gasteiger partial charge on any atom is -0.486 e. The van der Waals surface area contributed by atoms with Crippen molar-refractivity contribution in [3.05, 3.63) is 190 Å². The van der Waals surface area contributed by atoms with Crippen LogP contribution in [0.25, 0.3) is 22.2 Å². The summed E-state index contributed by atoms with van der Waals surface area (Å²) < 4.78 is 16.7. The van der Waals surface area contributed by atoms with Gasteiger partial charge in [-0.1, -0.05) is 97.2 Å². The van der Waals surface area contributed by atoms with Crippen molar-refractivity contribution in [2.75, 3.05) is 0 Å². The molecule has 0 saturated carbocycles. The highest BCUT2D eigenvalue weighted by Crippen LogP contribution is 2.58. The first-order valence-electron chi connectivity index (χ1n) is 20.0. The summed E-state index contributed by atoms with van der Waals surface area (Å²) in [6.07, 6.45) is 40.5. The Morgan fingerprint density at radius 1 is 0.698 bits per heavy atom. The van der Waals surface area contributed by atoms with Crippen LogP contribution in [0.2, 0.25) is 0 Å². The van der Waals surface area contributed by atoms with Gasteiger partial charge in [-0.3, -0.25) is 0 Å². The number of aromatic nitrogens is 1. The number of ether oxygens (including phenoxy) is 2. The summed E-state index contributed by atoms with van der Waals surface area (Å²) in [5, 5.41) is 1.33. The van der Waals surface area contributed by atoms with Gasteiger partial charge in [0, 0.05) is 46.0 Å². The van der Waals surface area contributed by atoms with Crippen LogP contribution in [0.1, 0.15) is 62.6 Å². The number of nitrogens with zero attached hydrogens (tertiary/aromatic N) is 1. The predicted molar refractivity (Wildman–Crippen MR) is 215 cm³/mol. The molecule has 1 fully saturated rings. The molecule has 3 heterocycles. The van der Waals surface area contributed by atoms with E-state index in [1.165, 1.54) is 67.0 Å². The Morgan fingerprint density at radius 3 is 2.49 bits per heavy atom. The first kappa shape index (κ1) is 31.3. The highest BCUT2D eigenvalue weighted by molar-refractivity contribution is 6.01. The third-order valence-electron chi connectivity index (χ3n) is 12.9. The molecule has 3 heteroatoms. The summed E-state index contributed by atoms with van der Waals surface area (Å²) in [6.45, 7) is 0. The highest BCUT2D eigenvalue weighted by Gasteiger charge is 2.51. The van der Waals surface area contributed by atoms with E-state index in [0.717, 1.165) is 69.3 Å². The zero-order valence-electron chi connectivity index (χ0n) is 30.2. The van der Waals surface area contributed by atoms with Crippen LogP contribution in [-0.2, 0) is 15.9 Å². The van der Waals surface area contributed by atoms with Gasteiger partial charge in [-0.2, -0.15) is 0 Å². The van der Waals surface area contributed by atoms with Gasteiger partial charge >= 0.3 is 0 Å². The second-order valence-corrected chi connectivity index (χ2v) is 15.7. The van der Waals surface area contributed by atoms with E-state index in [2.05, 4.69) is 138 Å². The van der Waals surface area contributed by atoms with Crippen LogP contribution in [-0.4, -0.2) is 10.7 Å². The number of fused-ring (bicyclic) bond motifs is 5. The van der Waals surface area contributed by atoms with E-state index in [4.69, 9.17) is 9.47 Å². The normalized spacial score (nSPS) is 28.3. The monoisotopic (exact) mass is 691 g/mol. The minimum absolute atomic E-state index is 0.0438. The Morgan fingerprint density at radius 2 is 1.57 bits per heavy atom. The Balaban J connectivity index is 1.11. The second-order valence-electron chi connectivity index (χ2n) is 15.7. The quantitative estimate of drug-likeness (QED) is 0.272. The van der Waals surface area contributed by atoms with Gasteiger partial charge in [0.1, 0.15) is 23.4 Å². The van der Waals surface area contributed by atoms with Crippen LogP contribution in [0.5, 0.6) is 0 Å². The molecular weight excluding hydrogens is 647 g/mol. The lowest BCUT2D eigenvalue weighted by Crippen LogP contribution is -2.44. The molecule has 0 spiro atoms. The molecule has 8 aliphatic rings. The van der Waals surface area contributed by atoms with Gasteiger partial charge in [0.2, 0.25) is 0 Å². The number of hydrogen-bond donors (Lipinski definition) is 0. The number of benzene rings is 2. The van der Waals surface area contributed by atoms with E-state index in [1.54, 1.807) is 0 Å². The van der Waals surface area contributed by atoms with Crippen molar-refractivity contribution in [2.24, 2.45) is 23.7 Å². The molecule has 6 aliphatic carbocycles. The molecular formula is C50H45NO2. The minimum atomic E-state index is -0.0438. The van der Waals surface area contributed by atoms with Gasteiger partial charge in [-0.15, -0.1) is 0 Å². The first-order valence-corrected chi connectivity index (χ1v) is 20.0. The fourth-order valence-corrected chi connectivity index (χ4v) is 10.8. The highest BCUT2D eigenvalue weighted by atomic mass is 16.5. The van der Waals surface area contributed by atoms with E-state index >= 15 is 0 Å². The lowest BCUT2D eigenvalue weighted by atomic mass is 9.59. The first-order chi connectivity index (χ1) is 26.3. The molecule has 2 aliphatic heterocycles. The largest absolute Gasteiger partial charge is 0.486 e. The lowest BCUT2D eigenvalue weighted by Gasteiger charge is -2.50. The summed E-state index contributed by atoms with van der Waals surface area (Å²) in [4.78, 5) is 0. The summed E-state index contributed by atoms with van der Waals surface area (Å²) in [7, 11) is 0. The number of hydrogen-bond acceptors (Lipinski definition) is 2. The molecule has 1 aromatic heterocycles. The molecule has 0 bridgehead atoms. The molecule has 3 nitrogen and oxygen atoms in total. The Hall–Kier alpha value is -5.28. The number of allylic oxidation sites excluding steroid dienone is 17. The third kappa shape index (κ3) is 4.93. The van der Waals surface area contributed by atoms with Crippen molar-refractivity contribution in [2.45, 2.75) is 63.9 Å². The van der Waals surface area contributed by atoms with Crippen molar-refractivity contribution >= 4 is 16.5 Å². The van der Waals surface area contributed by atoms with E-state index in [0.29, 0.717) is 0 Å². The zero-order valence-corrected chi connectivity index (χ0v) is 30.2. The van der Waals surface area contributed by atoms with Crippen molar-refractivity contribution in [1.29, 1.82) is 0 Å². The molecule has 1 saturated heterocycles. The Kier molecular flexibility index (Phi) is 7.49.